The number of amides is 1. The summed E-state index contributed by atoms with van der Waals surface area (Å²) in [6.07, 6.45) is -0.675. The van der Waals surface area contributed by atoms with Crippen LogP contribution in [0.4, 0.5) is 19.3 Å². The zero-order valence-corrected chi connectivity index (χ0v) is 9.91. The molecule has 0 heterocycles. The molecule has 0 saturated carbocycles. The van der Waals surface area contributed by atoms with Crippen molar-refractivity contribution in [3.8, 4) is 11.5 Å². The van der Waals surface area contributed by atoms with Crippen molar-refractivity contribution in [3.05, 3.63) is 18.2 Å². The van der Waals surface area contributed by atoms with Crippen LogP contribution in [0, 0.1) is 0 Å². The third-order valence-electron chi connectivity index (χ3n) is 1.90. The smallest absolute Gasteiger partial charge is 0.411 e. The first-order chi connectivity index (χ1) is 8.56. The number of benzene rings is 1. The zero-order valence-electron chi connectivity index (χ0n) is 9.91. The van der Waals surface area contributed by atoms with Crippen LogP contribution in [0.25, 0.3) is 0 Å². The average molecular weight is 261 g/mol. The highest BCUT2D eigenvalue weighted by Crippen LogP contribution is 2.31. The summed E-state index contributed by atoms with van der Waals surface area (Å²) in [7, 11) is 1.33. The normalized spacial score (nSPS) is 10.1. The third-order valence-corrected chi connectivity index (χ3v) is 1.90. The maximum Gasteiger partial charge on any atom is 0.411 e. The number of hydrogen-bond donors (Lipinski definition) is 1. The molecule has 1 amide bonds. The highest BCUT2D eigenvalue weighted by atomic mass is 19.3. The molecule has 0 aliphatic heterocycles. The number of nitrogens with one attached hydrogen (secondary N) is 1. The molecule has 0 unspecified atom stereocenters. The van der Waals surface area contributed by atoms with Crippen molar-refractivity contribution in [3.63, 3.8) is 0 Å². The molecular formula is C11H13F2NO4. The fourth-order valence-corrected chi connectivity index (χ4v) is 1.23. The number of halogens is 2. The van der Waals surface area contributed by atoms with Crippen LogP contribution in [0.5, 0.6) is 11.5 Å². The van der Waals surface area contributed by atoms with Gasteiger partial charge in [0.15, 0.2) is 11.5 Å². The minimum Gasteiger partial charge on any atom is -0.493 e. The number of ether oxygens (including phenoxy) is 3. The molecule has 18 heavy (non-hydrogen) atoms. The first kappa shape index (κ1) is 14.0. The Labute approximate surface area is 103 Å². The Kier molecular flexibility index (Phi) is 5.16. The van der Waals surface area contributed by atoms with E-state index in [1.54, 1.807) is 6.92 Å². The molecule has 5 nitrogen and oxygen atoms in total. The lowest BCUT2D eigenvalue weighted by Gasteiger charge is -2.12. The summed E-state index contributed by atoms with van der Waals surface area (Å²) in [5.41, 5.74) is 0.268. The van der Waals surface area contributed by atoms with Gasteiger partial charge in [-0.1, -0.05) is 0 Å². The quantitative estimate of drug-likeness (QED) is 0.885. The standard InChI is InChI=1S/C11H13F2NO4/c1-3-17-11(15)14-7-4-5-8(16-2)9(6-7)18-10(12)13/h4-6,10H,3H2,1-2H3,(H,14,15). The molecule has 0 fully saturated rings. The van der Waals surface area contributed by atoms with Crippen molar-refractivity contribution in [2.75, 3.05) is 19.0 Å². The van der Waals surface area contributed by atoms with Gasteiger partial charge >= 0.3 is 12.7 Å². The van der Waals surface area contributed by atoms with Crippen LogP contribution in [0.3, 0.4) is 0 Å². The van der Waals surface area contributed by atoms with Crippen LogP contribution in [0.2, 0.25) is 0 Å². The van der Waals surface area contributed by atoms with E-state index >= 15 is 0 Å². The summed E-state index contributed by atoms with van der Waals surface area (Å²) >= 11 is 0. The van der Waals surface area contributed by atoms with E-state index in [1.807, 2.05) is 0 Å². The Morgan fingerprint density at radius 3 is 2.67 bits per heavy atom. The third kappa shape index (κ3) is 4.08. The van der Waals surface area contributed by atoms with E-state index < -0.39 is 12.7 Å². The topological polar surface area (TPSA) is 56.8 Å². The first-order valence-electron chi connectivity index (χ1n) is 5.13. The summed E-state index contributed by atoms with van der Waals surface area (Å²) in [5, 5.41) is 2.37. The van der Waals surface area contributed by atoms with Gasteiger partial charge in [0.25, 0.3) is 0 Å². The summed E-state index contributed by atoms with van der Waals surface area (Å²) in [5.74, 6) is -0.0218. The molecule has 1 aromatic rings. The van der Waals surface area contributed by atoms with E-state index in [-0.39, 0.29) is 23.8 Å². The van der Waals surface area contributed by atoms with Crippen molar-refractivity contribution >= 4 is 11.8 Å². The number of methoxy groups -OCH3 is 1. The SMILES string of the molecule is CCOC(=O)Nc1ccc(OC)c(OC(F)F)c1. The number of carbonyl (C=O) groups is 1. The van der Waals surface area contributed by atoms with E-state index in [9.17, 15) is 13.6 Å². The van der Waals surface area contributed by atoms with Gasteiger partial charge in [0.1, 0.15) is 0 Å². The van der Waals surface area contributed by atoms with E-state index in [0.29, 0.717) is 0 Å². The molecule has 0 aliphatic carbocycles. The minimum absolute atomic E-state index is 0.143. The lowest BCUT2D eigenvalue weighted by Crippen LogP contribution is -2.13. The molecule has 7 heteroatoms. The Bertz CT molecular complexity index is 412. The zero-order chi connectivity index (χ0) is 13.5. The monoisotopic (exact) mass is 261 g/mol. The molecule has 1 aromatic carbocycles. The van der Waals surface area contributed by atoms with Crippen molar-refractivity contribution in [2.45, 2.75) is 13.5 Å². The predicted octanol–water partition coefficient (Wildman–Crippen LogP) is 2.87. The summed E-state index contributed by atoms with van der Waals surface area (Å²) in [6.45, 7) is -1.11. The minimum atomic E-state index is -2.98. The van der Waals surface area contributed by atoms with Crippen molar-refractivity contribution < 1.29 is 27.8 Å². The fourth-order valence-electron chi connectivity index (χ4n) is 1.23. The number of hydrogen-bond acceptors (Lipinski definition) is 4. The highest BCUT2D eigenvalue weighted by molar-refractivity contribution is 5.85. The number of alkyl halides is 2. The van der Waals surface area contributed by atoms with Crippen molar-refractivity contribution in [2.24, 2.45) is 0 Å². The second-order valence-corrected chi connectivity index (χ2v) is 3.09. The molecule has 0 aliphatic rings. The van der Waals surface area contributed by atoms with Gasteiger partial charge in [0, 0.05) is 11.8 Å². The molecule has 0 saturated heterocycles. The van der Waals surface area contributed by atoms with Gasteiger partial charge < -0.3 is 14.2 Å². The Morgan fingerprint density at radius 2 is 2.11 bits per heavy atom. The molecule has 0 aromatic heterocycles. The Morgan fingerprint density at radius 1 is 1.39 bits per heavy atom. The molecule has 1 N–H and O–H groups in total. The van der Waals surface area contributed by atoms with Crippen molar-refractivity contribution in [1.29, 1.82) is 0 Å². The van der Waals surface area contributed by atoms with Crippen LogP contribution < -0.4 is 14.8 Å². The number of anilines is 1. The lowest BCUT2D eigenvalue weighted by atomic mass is 10.3. The van der Waals surface area contributed by atoms with Crippen LogP contribution in [-0.4, -0.2) is 26.4 Å². The van der Waals surface area contributed by atoms with Gasteiger partial charge in [0.2, 0.25) is 0 Å². The molecule has 1 rings (SSSR count). The second-order valence-electron chi connectivity index (χ2n) is 3.09. The molecule has 0 radical (unpaired) electrons. The van der Waals surface area contributed by atoms with Crippen LogP contribution in [0.1, 0.15) is 6.92 Å². The lowest BCUT2D eigenvalue weighted by molar-refractivity contribution is -0.0511. The van der Waals surface area contributed by atoms with Crippen molar-refractivity contribution in [1.82, 2.24) is 0 Å². The van der Waals surface area contributed by atoms with Gasteiger partial charge in [0.05, 0.1) is 13.7 Å². The van der Waals surface area contributed by atoms with Gasteiger partial charge in [-0.3, -0.25) is 5.32 Å². The van der Waals surface area contributed by atoms with Crippen LogP contribution in [-0.2, 0) is 4.74 Å². The molecular weight excluding hydrogens is 248 g/mol. The van der Waals surface area contributed by atoms with Gasteiger partial charge in [-0.05, 0) is 19.1 Å². The summed E-state index contributed by atoms with van der Waals surface area (Å²) < 4.78 is 38.1. The largest absolute Gasteiger partial charge is 0.493 e. The van der Waals surface area contributed by atoms with Gasteiger partial charge in [-0.15, -0.1) is 0 Å². The second kappa shape index (κ2) is 6.63. The number of rotatable bonds is 5. The highest BCUT2D eigenvalue weighted by Gasteiger charge is 2.12. The molecule has 0 atom stereocenters. The van der Waals surface area contributed by atoms with Gasteiger partial charge in [-0.2, -0.15) is 8.78 Å². The average Bonchev–Trinajstić information content (AvgIpc) is 2.28. The number of carbonyl (C=O) groups excluding carboxylic acids is 1. The molecule has 0 spiro atoms. The predicted molar refractivity (Wildman–Crippen MR) is 60.3 cm³/mol. The first-order valence-corrected chi connectivity index (χ1v) is 5.13. The summed E-state index contributed by atoms with van der Waals surface area (Å²) in [4.78, 5) is 11.1. The van der Waals surface area contributed by atoms with E-state index in [1.165, 1.54) is 25.3 Å². The molecule has 100 valence electrons. The van der Waals surface area contributed by atoms with E-state index in [4.69, 9.17) is 4.74 Å². The van der Waals surface area contributed by atoms with E-state index in [2.05, 4.69) is 14.8 Å². The van der Waals surface area contributed by atoms with E-state index in [0.717, 1.165) is 0 Å². The fraction of sp³-hybridized carbons (Fsp3) is 0.364. The summed E-state index contributed by atoms with van der Waals surface area (Å²) in [6, 6.07) is 4.11. The Hall–Kier alpha value is -2.05. The van der Waals surface area contributed by atoms with Crippen LogP contribution in [0.15, 0.2) is 18.2 Å². The van der Waals surface area contributed by atoms with Gasteiger partial charge in [-0.25, -0.2) is 4.79 Å². The maximum absolute atomic E-state index is 12.2. The Balaban J connectivity index is 2.85. The molecule has 0 bridgehead atoms. The van der Waals surface area contributed by atoms with Crippen LogP contribution >= 0.6 is 0 Å². The maximum atomic E-state index is 12.2.